The molecule has 0 atom stereocenters. The molecule has 3 heterocycles. The molecule has 0 saturated carbocycles. The summed E-state index contributed by atoms with van der Waals surface area (Å²) in [6, 6.07) is 55.5. The highest BCUT2D eigenvalue weighted by Crippen LogP contribution is 2.39. The number of aromatic nitrogens is 2. The van der Waals surface area contributed by atoms with Gasteiger partial charge in [-0.3, -0.25) is 0 Å². The Hall–Kier alpha value is -6.57. The molecule has 0 radical (unpaired) electrons. The van der Waals surface area contributed by atoms with Gasteiger partial charge < -0.3 is 13.6 Å². The molecular formula is C43H25N3O. The molecule has 0 fully saturated rings. The molecule has 4 nitrogen and oxygen atoms in total. The minimum atomic E-state index is 0.654. The number of furan rings is 1. The first-order chi connectivity index (χ1) is 23.2. The van der Waals surface area contributed by atoms with E-state index in [1.165, 1.54) is 32.6 Å². The fourth-order valence-corrected chi connectivity index (χ4v) is 7.40. The van der Waals surface area contributed by atoms with Gasteiger partial charge in [-0.2, -0.15) is 5.26 Å². The Morgan fingerprint density at radius 3 is 1.49 bits per heavy atom. The smallest absolute Gasteiger partial charge is 0.135 e. The lowest BCUT2D eigenvalue weighted by Gasteiger charge is -2.10. The van der Waals surface area contributed by atoms with E-state index >= 15 is 0 Å². The Morgan fingerprint density at radius 1 is 0.404 bits per heavy atom. The molecule has 0 unspecified atom stereocenters. The summed E-state index contributed by atoms with van der Waals surface area (Å²) in [5.74, 6) is 0. The first kappa shape index (κ1) is 25.7. The summed E-state index contributed by atoms with van der Waals surface area (Å²) in [6.45, 7) is 0. The van der Waals surface area contributed by atoms with E-state index in [1.54, 1.807) is 0 Å². The number of benzene rings is 7. The molecule has 0 bridgehead atoms. The lowest BCUT2D eigenvalue weighted by atomic mass is 10.0. The maximum Gasteiger partial charge on any atom is 0.135 e. The van der Waals surface area contributed by atoms with Crippen LogP contribution in [0.3, 0.4) is 0 Å². The maximum absolute atomic E-state index is 9.24. The van der Waals surface area contributed by atoms with E-state index in [0.717, 1.165) is 55.5 Å². The van der Waals surface area contributed by atoms with Crippen molar-refractivity contribution in [2.24, 2.45) is 0 Å². The predicted molar refractivity (Wildman–Crippen MR) is 193 cm³/mol. The van der Waals surface area contributed by atoms with Crippen molar-refractivity contribution in [2.45, 2.75) is 0 Å². The Labute approximate surface area is 269 Å². The van der Waals surface area contributed by atoms with Gasteiger partial charge in [0, 0.05) is 43.7 Å². The number of hydrogen-bond acceptors (Lipinski definition) is 2. The summed E-state index contributed by atoms with van der Waals surface area (Å²) in [6.07, 6.45) is 0. The van der Waals surface area contributed by atoms with Crippen LogP contribution in [-0.4, -0.2) is 9.13 Å². The van der Waals surface area contributed by atoms with Crippen molar-refractivity contribution in [3.05, 3.63) is 157 Å². The van der Waals surface area contributed by atoms with Gasteiger partial charge in [0.2, 0.25) is 0 Å². The molecule has 0 saturated heterocycles. The van der Waals surface area contributed by atoms with Gasteiger partial charge in [0.05, 0.1) is 33.7 Å². The molecule has 10 rings (SSSR count). The summed E-state index contributed by atoms with van der Waals surface area (Å²) in [5.41, 5.74) is 11.5. The third kappa shape index (κ3) is 3.75. The zero-order chi connectivity index (χ0) is 31.1. The zero-order valence-electron chi connectivity index (χ0n) is 25.2. The van der Waals surface area contributed by atoms with Crippen molar-refractivity contribution in [2.75, 3.05) is 0 Å². The largest absolute Gasteiger partial charge is 0.456 e. The maximum atomic E-state index is 9.24. The van der Waals surface area contributed by atoms with Crippen LogP contribution < -0.4 is 0 Å². The molecule has 0 aliphatic rings. The number of para-hydroxylation sites is 3. The van der Waals surface area contributed by atoms with Crippen LogP contribution in [-0.2, 0) is 0 Å². The number of nitriles is 1. The number of rotatable bonds is 3. The molecule has 7 aromatic carbocycles. The van der Waals surface area contributed by atoms with Crippen LogP contribution >= 0.6 is 0 Å². The second-order valence-electron chi connectivity index (χ2n) is 12.1. The van der Waals surface area contributed by atoms with Crippen LogP contribution in [0.5, 0.6) is 0 Å². The Kier molecular flexibility index (Phi) is 5.32. The SMILES string of the molecule is N#Cc1ccc(-c2ccc3oc4ccc(-n5c6ccccc6c6cc(-n7c8ccccc8c8ccccc87)ccc65)cc4c3c2)cc1. The highest BCUT2D eigenvalue weighted by molar-refractivity contribution is 6.13. The van der Waals surface area contributed by atoms with Crippen LogP contribution in [0, 0.1) is 11.3 Å². The van der Waals surface area contributed by atoms with E-state index in [4.69, 9.17) is 4.42 Å². The normalized spacial score (nSPS) is 11.8. The van der Waals surface area contributed by atoms with Crippen molar-refractivity contribution in [1.29, 1.82) is 5.26 Å². The highest BCUT2D eigenvalue weighted by atomic mass is 16.3. The first-order valence-electron chi connectivity index (χ1n) is 15.7. The molecule has 3 aromatic heterocycles. The standard InChI is InChI=1S/C43H25N3O/c44-26-27-13-15-28(16-14-27)29-17-21-42-36(23-29)37-25-31(19-22-43(37)47-42)46-40-12-6-3-9-34(40)35-24-30(18-20-41(35)46)45-38-10-4-1-7-32(38)33-8-2-5-11-39(33)45/h1-25H. The van der Waals surface area contributed by atoms with E-state index < -0.39 is 0 Å². The quantitative estimate of drug-likeness (QED) is 0.203. The van der Waals surface area contributed by atoms with E-state index in [2.05, 4.69) is 137 Å². The van der Waals surface area contributed by atoms with Crippen LogP contribution in [0.15, 0.2) is 156 Å². The second-order valence-corrected chi connectivity index (χ2v) is 12.1. The van der Waals surface area contributed by atoms with Crippen LogP contribution in [0.25, 0.3) is 88.1 Å². The minimum absolute atomic E-state index is 0.654. The molecule has 47 heavy (non-hydrogen) atoms. The molecule has 0 N–H and O–H groups in total. The number of nitrogens with zero attached hydrogens (tertiary/aromatic N) is 3. The lowest BCUT2D eigenvalue weighted by Crippen LogP contribution is -1.95. The summed E-state index contributed by atoms with van der Waals surface area (Å²) < 4.78 is 11.0. The topological polar surface area (TPSA) is 46.8 Å². The van der Waals surface area contributed by atoms with Crippen molar-refractivity contribution < 1.29 is 4.42 Å². The summed E-state index contributed by atoms with van der Waals surface area (Å²) in [7, 11) is 0. The Bertz CT molecular complexity index is 2860. The molecule has 0 aliphatic heterocycles. The van der Waals surface area contributed by atoms with Crippen LogP contribution in [0.2, 0.25) is 0 Å². The van der Waals surface area contributed by atoms with Crippen LogP contribution in [0.4, 0.5) is 0 Å². The monoisotopic (exact) mass is 599 g/mol. The third-order valence-corrected chi connectivity index (χ3v) is 9.55. The second kappa shape index (κ2) is 9.71. The average Bonchev–Trinajstić information content (AvgIpc) is 3.78. The molecule has 0 amide bonds. The van der Waals surface area contributed by atoms with Gasteiger partial charge in [0.25, 0.3) is 0 Å². The van der Waals surface area contributed by atoms with E-state index in [1.807, 2.05) is 30.3 Å². The summed E-state index contributed by atoms with van der Waals surface area (Å²) in [4.78, 5) is 0. The first-order valence-corrected chi connectivity index (χ1v) is 15.7. The molecule has 0 aliphatic carbocycles. The van der Waals surface area contributed by atoms with Gasteiger partial charge in [-0.25, -0.2) is 0 Å². The van der Waals surface area contributed by atoms with E-state index in [9.17, 15) is 5.26 Å². The van der Waals surface area contributed by atoms with Crippen LogP contribution in [0.1, 0.15) is 5.56 Å². The van der Waals surface area contributed by atoms with Crippen molar-refractivity contribution >= 4 is 65.6 Å². The Morgan fingerprint density at radius 2 is 0.872 bits per heavy atom. The van der Waals surface area contributed by atoms with Crippen molar-refractivity contribution in [1.82, 2.24) is 9.13 Å². The number of hydrogen-bond donors (Lipinski definition) is 0. The van der Waals surface area contributed by atoms with Crippen molar-refractivity contribution in [3.63, 3.8) is 0 Å². The van der Waals surface area contributed by atoms with Gasteiger partial charge >= 0.3 is 0 Å². The molecule has 0 spiro atoms. The Balaban J connectivity index is 1.18. The summed E-state index contributed by atoms with van der Waals surface area (Å²) >= 11 is 0. The number of fused-ring (bicyclic) bond motifs is 9. The lowest BCUT2D eigenvalue weighted by molar-refractivity contribution is 0.669. The fraction of sp³-hybridized carbons (Fsp3) is 0. The third-order valence-electron chi connectivity index (χ3n) is 9.55. The van der Waals surface area contributed by atoms with Gasteiger partial charge in [0.1, 0.15) is 11.2 Å². The predicted octanol–water partition coefficient (Wildman–Crippen LogP) is 11.3. The van der Waals surface area contributed by atoms with Gasteiger partial charge in [-0.05, 0) is 90.0 Å². The molecule has 4 heteroatoms. The minimum Gasteiger partial charge on any atom is -0.456 e. The van der Waals surface area contributed by atoms with Gasteiger partial charge in [-0.15, -0.1) is 0 Å². The highest BCUT2D eigenvalue weighted by Gasteiger charge is 2.17. The molecular weight excluding hydrogens is 574 g/mol. The zero-order valence-corrected chi connectivity index (χ0v) is 25.2. The molecule has 218 valence electrons. The molecule has 10 aromatic rings. The summed E-state index contributed by atoms with van der Waals surface area (Å²) in [5, 5.41) is 16.3. The fourth-order valence-electron chi connectivity index (χ4n) is 7.40. The van der Waals surface area contributed by atoms with Gasteiger partial charge in [-0.1, -0.05) is 72.8 Å². The van der Waals surface area contributed by atoms with E-state index in [-0.39, 0.29) is 0 Å². The van der Waals surface area contributed by atoms with Gasteiger partial charge in [0.15, 0.2) is 0 Å². The van der Waals surface area contributed by atoms with Crippen molar-refractivity contribution in [3.8, 4) is 28.6 Å². The van der Waals surface area contributed by atoms with E-state index in [0.29, 0.717) is 5.56 Å². The average molecular weight is 600 g/mol.